The van der Waals surface area contributed by atoms with Crippen LogP contribution in [0.2, 0.25) is 0 Å². The number of nitrogens with zero attached hydrogens (tertiary/aromatic N) is 1. The number of nitrogens with one attached hydrogen (secondary N) is 1. The zero-order valence-electron chi connectivity index (χ0n) is 12.2. The first-order chi connectivity index (χ1) is 10.1. The van der Waals surface area contributed by atoms with Crippen molar-refractivity contribution in [1.29, 1.82) is 0 Å². The molecule has 4 nitrogen and oxygen atoms in total. The molecule has 2 unspecified atom stereocenters. The molecule has 112 valence electrons. The molecule has 1 aromatic heterocycles. The van der Waals surface area contributed by atoms with Crippen LogP contribution in [0, 0.1) is 5.92 Å². The van der Waals surface area contributed by atoms with Gasteiger partial charge in [-0.1, -0.05) is 37.3 Å². The van der Waals surface area contributed by atoms with Crippen LogP contribution in [0.4, 0.5) is 0 Å². The van der Waals surface area contributed by atoms with E-state index in [0.29, 0.717) is 18.7 Å². The molecule has 1 heterocycles. The monoisotopic (exact) mass is 304 g/mol. The van der Waals surface area contributed by atoms with Gasteiger partial charge in [0, 0.05) is 17.5 Å². The number of aromatic nitrogens is 1. The van der Waals surface area contributed by atoms with Crippen molar-refractivity contribution in [3.05, 3.63) is 41.4 Å². The maximum Gasteiger partial charge on any atom is 0.270 e. The summed E-state index contributed by atoms with van der Waals surface area (Å²) < 4.78 is 0. The second kappa shape index (κ2) is 7.33. The van der Waals surface area contributed by atoms with Crippen molar-refractivity contribution in [2.45, 2.75) is 26.4 Å². The largest absolute Gasteiger partial charge is 0.393 e. The number of benzene rings is 1. The number of hydrogen-bond donors (Lipinski definition) is 2. The van der Waals surface area contributed by atoms with Crippen LogP contribution < -0.4 is 5.32 Å². The number of rotatable bonds is 6. The van der Waals surface area contributed by atoms with Crippen LogP contribution in [-0.2, 0) is 0 Å². The third kappa shape index (κ3) is 4.65. The van der Waals surface area contributed by atoms with Crippen LogP contribution in [0.1, 0.15) is 30.8 Å². The van der Waals surface area contributed by atoms with Crippen LogP contribution >= 0.6 is 11.3 Å². The first-order valence-electron chi connectivity index (χ1n) is 7.03. The number of aliphatic hydroxyl groups excluding tert-OH is 1. The number of amides is 1. The van der Waals surface area contributed by atoms with Gasteiger partial charge in [-0.3, -0.25) is 4.79 Å². The van der Waals surface area contributed by atoms with Gasteiger partial charge in [0.25, 0.3) is 5.91 Å². The van der Waals surface area contributed by atoms with Crippen LogP contribution in [0.5, 0.6) is 0 Å². The Bertz CT molecular complexity index is 581. The average Bonchev–Trinajstić information content (AvgIpc) is 2.95. The number of thiazole rings is 1. The molecule has 21 heavy (non-hydrogen) atoms. The van der Waals surface area contributed by atoms with E-state index in [0.717, 1.165) is 10.6 Å². The average molecular weight is 304 g/mol. The Balaban J connectivity index is 1.93. The third-order valence-corrected chi connectivity index (χ3v) is 4.00. The lowest BCUT2D eigenvalue weighted by Gasteiger charge is -2.13. The molecule has 2 atom stereocenters. The van der Waals surface area contributed by atoms with Crippen LogP contribution in [0.25, 0.3) is 10.6 Å². The molecule has 0 spiro atoms. The summed E-state index contributed by atoms with van der Waals surface area (Å²) >= 11 is 1.46. The molecule has 1 amide bonds. The summed E-state index contributed by atoms with van der Waals surface area (Å²) in [6.07, 6.45) is 0.327. The van der Waals surface area contributed by atoms with Gasteiger partial charge >= 0.3 is 0 Å². The highest BCUT2D eigenvalue weighted by Crippen LogP contribution is 2.23. The summed E-state index contributed by atoms with van der Waals surface area (Å²) in [5.41, 5.74) is 1.46. The van der Waals surface area contributed by atoms with Gasteiger partial charge < -0.3 is 10.4 Å². The zero-order chi connectivity index (χ0) is 15.2. The SMILES string of the molecule is CC(O)CC(C)CNC(=O)c1csc(-c2ccccc2)n1. The smallest absolute Gasteiger partial charge is 0.270 e. The summed E-state index contributed by atoms with van der Waals surface area (Å²) in [6.45, 7) is 4.30. The van der Waals surface area contributed by atoms with E-state index in [1.54, 1.807) is 12.3 Å². The van der Waals surface area contributed by atoms with Gasteiger partial charge in [0.2, 0.25) is 0 Å². The highest BCUT2D eigenvalue weighted by Gasteiger charge is 2.13. The Morgan fingerprint density at radius 3 is 2.71 bits per heavy atom. The Kier molecular flexibility index (Phi) is 5.47. The minimum Gasteiger partial charge on any atom is -0.393 e. The molecule has 2 rings (SSSR count). The molecule has 0 aliphatic carbocycles. The topological polar surface area (TPSA) is 62.2 Å². The van der Waals surface area contributed by atoms with Crippen molar-refractivity contribution in [3.8, 4) is 10.6 Å². The molecular weight excluding hydrogens is 284 g/mol. The Morgan fingerprint density at radius 2 is 2.05 bits per heavy atom. The van der Waals surface area contributed by atoms with Crippen LogP contribution in [0.3, 0.4) is 0 Å². The fourth-order valence-corrected chi connectivity index (χ4v) is 2.92. The third-order valence-electron chi connectivity index (χ3n) is 3.11. The Hall–Kier alpha value is -1.72. The second-order valence-electron chi connectivity index (χ2n) is 5.30. The number of carbonyl (C=O) groups excluding carboxylic acids is 1. The lowest BCUT2D eigenvalue weighted by Crippen LogP contribution is -2.29. The van der Waals surface area contributed by atoms with Crippen LogP contribution in [-0.4, -0.2) is 28.6 Å². The predicted octanol–water partition coefficient (Wildman–Crippen LogP) is 2.95. The predicted molar refractivity (Wildman–Crippen MR) is 85.3 cm³/mol. The summed E-state index contributed by atoms with van der Waals surface area (Å²) in [4.78, 5) is 16.4. The molecule has 2 N–H and O–H groups in total. The Morgan fingerprint density at radius 1 is 1.33 bits per heavy atom. The van der Waals surface area contributed by atoms with Gasteiger partial charge in [0.05, 0.1) is 6.10 Å². The van der Waals surface area contributed by atoms with Crippen molar-refractivity contribution in [3.63, 3.8) is 0 Å². The van der Waals surface area contributed by atoms with Gasteiger partial charge in [0.15, 0.2) is 0 Å². The molecule has 0 saturated carbocycles. The second-order valence-corrected chi connectivity index (χ2v) is 6.16. The van der Waals surface area contributed by atoms with E-state index in [-0.39, 0.29) is 17.9 Å². The molecule has 0 bridgehead atoms. The minimum absolute atomic E-state index is 0.161. The molecule has 2 aromatic rings. The highest BCUT2D eigenvalue weighted by molar-refractivity contribution is 7.13. The maximum atomic E-state index is 12.1. The van der Waals surface area contributed by atoms with E-state index in [9.17, 15) is 9.90 Å². The van der Waals surface area contributed by atoms with E-state index in [4.69, 9.17) is 0 Å². The van der Waals surface area contributed by atoms with Crippen LogP contribution in [0.15, 0.2) is 35.7 Å². The quantitative estimate of drug-likeness (QED) is 0.862. The van der Waals surface area contributed by atoms with Crippen molar-refractivity contribution in [2.75, 3.05) is 6.54 Å². The molecule has 0 fully saturated rings. The summed E-state index contributed by atoms with van der Waals surface area (Å²) in [6, 6.07) is 9.81. The van der Waals surface area contributed by atoms with Gasteiger partial charge in [-0.25, -0.2) is 4.98 Å². The maximum absolute atomic E-state index is 12.1. The molecule has 0 saturated heterocycles. The Labute approximate surface area is 128 Å². The van der Waals surface area contributed by atoms with E-state index < -0.39 is 0 Å². The summed E-state index contributed by atoms with van der Waals surface area (Å²) in [7, 11) is 0. The zero-order valence-corrected chi connectivity index (χ0v) is 13.1. The molecule has 0 aliphatic heterocycles. The standard InChI is InChI=1S/C16H20N2O2S/c1-11(8-12(2)19)9-17-15(20)14-10-21-16(18-14)13-6-4-3-5-7-13/h3-7,10-12,19H,8-9H2,1-2H3,(H,17,20). The summed E-state index contributed by atoms with van der Waals surface area (Å²) in [5.74, 6) is 0.0760. The first kappa shape index (κ1) is 15.7. The first-order valence-corrected chi connectivity index (χ1v) is 7.91. The normalized spacial score (nSPS) is 13.7. The number of hydrogen-bond acceptors (Lipinski definition) is 4. The fourth-order valence-electron chi connectivity index (χ4n) is 2.11. The lowest BCUT2D eigenvalue weighted by molar-refractivity contribution is 0.0935. The van der Waals surface area contributed by atoms with Gasteiger partial charge in [-0.2, -0.15) is 0 Å². The highest BCUT2D eigenvalue weighted by atomic mass is 32.1. The van der Waals surface area contributed by atoms with Crippen molar-refractivity contribution in [1.82, 2.24) is 10.3 Å². The van der Waals surface area contributed by atoms with Gasteiger partial charge in [0.1, 0.15) is 10.7 Å². The van der Waals surface area contributed by atoms with E-state index in [2.05, 4.69) is 10.3 Å². The lowest BCUT2D eigenvalue weighted by atomic mass is 10.0. The van der Waals surface area contributed by atoms with Gasteiger partial charge in [-0.05, 0) is 19.3 Å². The van der Waals surface area contributed by atoms with Crippen molar-refractivity contribution >= 4 is 17.2 Å². The molecule has 0 aliphatic rings. The molecular formula is C16H20N2O2S. The minimum atomic E-state index is -0.346. The fraction of sp³-hybridized carbons (Fsp3) is 0.375. The van der Waals surface area contributed by atoms with E-state index >= 15 is 0 Å². The number of carbonyl (C=O) groups is 1. The molecule has 5 heteroatoms. The molecule has 0 radical (unpaired) electrons. The van der Waals surface area contributed by atoms with E-state index in [1.807, 2.05) is 37.3 Å². The van der Waals surface area contributed by atoms with Crippen molar-refractivity contribution < 1.29 is 9.90 Å². The number of aliphatic hydroxyl groups is 1. The van der Waals surface area contributed by atoms with E-state index in [1.165, 1.54) is 11.3 Å². The summed E-state index contributed by atoms with van der Waals surface area (Å²) in [5, 5.41) is 14.8. The van der Waals surface area contributed by atoms with Crippen molar-refractivity contribution in [2.24, 2.45) is 5.92 Å². The van der Waals surface area contributed by atoms with Gasteiger partial charge in [-0.15, -0.1) is 11.3 Å². The molecule has 1 aromatic carbocycles.